The van der Waals surface area contributed by atoms with Crippen molar-refractivity contribution in [2.24, 2.45) is 5.10 Å². The normalized spacial score (nSPS) is 11.1. The number of benzene rings is 4. The Morgan fingerprint density at radius 3 is 2.33 bits per heavy atom. The van der Waals surface area contributed by atoms with E-state index in [2.05, 4.69) is 84.8 Å². The average molecular weight is 690 g/mol. The number of nitrogens with zero attached hydrogens (tertiary/aromatic N) is 2. The lowest BCUT2D eigenvalue weighted by atomic mass is 10.1. The van der Waals surface area contributed by atoms with Gasteiger partial charge >= 0.3 is 0 Å². The van der Waals surface area contributed by atoms with Crippen molar-refractivity contribution >= 4 is 50.6 Å². The molecule has 1 heterocycles. The monoisotopic (exact) mass is 689 g/mol. The fraction of sp³-hybridized carbons (Fsp3) is 0.0625. The van der Waals surface area contributed by atoms with Crippen LogP contribution in [0, 0.1) is 10.5 Å². The van der Waals surface area contributed by atoms with Crippen molar-refractivity contribution in [2.75, 3.05) is 0 Å². The number of amides is 1. The first-order valence-electron chi connectivity index (χ1n) is 12.3. The molecule has 0 atom stereocenters. The van der Waals surface area contributed by atoms with E-state index in [-0.39, 0.29) is 5.91 Å². The number of carbonyl (C=O) groups is 1. The van der Waals surface area contributed by atoms with Crippen molar-refractivity contribution in [3.8, 4) is 22.7 Å². The van der Waals surface area contributed by atoms with E-state index in [0.717, 1.165) is 47.6 Å². The Labute approximate surface area is 249 Å². The fourth-order valence-electron chi connectivity index (χ4n) is 4.23. The van der Waals surface area contributed by atoms with Gasteiger partial charge in [0.1, 0.15) is 12.4 Å². The van der Waals surface area contributed by atoms with E-state index in [1.807, 2.05) is 84.9 Å². The highest BCUT2D eigenvalue weighted by Crippen LogP contribution is 2.32. The maximum absolute atomic E-state index is 12.7. The molecule has 0 aliphatic rings. The van der Waals surface area contributed by atoms with Crippen molar-refractivity contribution in [3.63, 3.8) is 0 Å². The molecule has 0 saturated carbocycles. The Bertz CT molecular complexity index is 1590. The molecule has 1 amide bonds. The van der Waals surface area contributed by atoms with Gasteiger partial charge in [0.25, 0.3) is 5.91 Å². The predicted octanol–water partition coefficient (Wildman–Crippen LogP) is 8.16. The molecule has 0 aliphatic carbocycles. The summed E-state index contributed by atoms with van der Waals surface area (Å²) >= 11 is 5.83. The lowest BCUT2D eigenvalue weighted by Crippen LogP contribution is -2.17. The number of nitrogens with one attached hydrogen (secondary N) is 1. The zero-order chi connectivity index (χ0) is 27.2. The third-order valence-electron chi connectivity index (χ3n) is 6.16. The third kappa shape index (κ3) is 6.49. The van der Waals surface area contributed by atoms with Crippen LogP contribution in [0.15, 0.2) is 119 Å². The molecular weight excluding hydrogens is 665 g/mol. The summed E-state index contributed by atoms with van der Waals surface area (Å²) in [5.74, 6) is 0.496. The first-order valence-corrected chi connectivity index (χ1v) is 14.2. The summed E-state index contributed by atoms with van der Waals surface area (Å²) in [6.45, 7) is 2.55. The van der Waals surface area contributed by atoms with Crippen LogP contribution in [0.4, 0.5) is 0 Å². The van der Waals surface area contributed by atoms with E-state index in [4.69, 9.17) is 4.74 Å². The molecule has 194 valence electrons. The molecule has 0 aliphatic heterocycles. The van der Waals surface area contributed by atoms with Gasteiger partial charge in [0.2, 0.25) is 0 Å². The lowest BCUT2D eigenvalue weighted by molar-refractivity contribution is 0.0955. The van der Waals surface area contributed by atoms with Crippen LogP contribution >= 0.6 is 38.5 Å². The number of ether oxygens (including phenoxy) is 1. The molecule has 5 aromatic rings. The second kappa shape index (κ2) is 12.4. The van der Waals surface area contributed by atoms with Gasteiger partial charge in [-0.05, 0) is 111 Å². The number of hydrogen-bond acceptors (Lipinski definition) is 3. The van der Waals surface area contributed by atoms with Crippen LogP contribution in [0.3, 0.4) is 0 Å². The summed E-state index contributed by atoms with van der Waals surface area (Å²) in [6, 6.07) is 35.9. The molecule has 0 spiro atoms. The van der Waals surface area contributed by atoms with E-state index in [1.165, 1.54) is 0 Å². The Kier molecular flexibility index (Phi) is 8.58. The minimum Gasteiger partial charge on any atom is -0.487 e. The molecule has 0 fully saturated rings. The molecule has 39 heavy (non-hydrogen) atoms. The molecule has 0 bridgehead atoms. The van der Waals surface area contributed by atoms with Crippen LogP contribution in [0.25, 0.3) is 16.9 Å². The maximum Gasteiger partial charge on any atom is 0.271 e. The smallest absolute Gasteiger partial charge is 0.271 e. The number of hydrogen-bond donors (Lipinski definition) is 1. The number of carbonyl (C=O) groups excluding carboxylic acids is 1. The molecule has 0 saturated heterocycles. The highest BCUT2D eigenvalue weighted by molar-refractivity contribution is 14.1. The highest BCUT2D eigenvalue weighted by Gasteiger charge is 2.12. The van der Waals surface area contributed by atoms with Gasteiger partial charge in [-0.25, -0.2) is 5.43 Å². The van der Waals surface area contributed by atoms with E-state index in [0.29, 0.717) is 12.2 Å². The number of aryl methyl sites for hydroxylation is 1. The number of hydrazone groups is 1. The van der Waals surface area contributed by atoms with Crippen LogP contribution in [0.2, 0.25) is 0 Å². The van der Waals surface area contributed by atoms with Gasteiger partial charge in [0.05, 0.1) is 20.0 Å². The quantitative estimate of drug-likeness (QED) is 0.102. The Morgan fingerprint density at radius 1 is 0.949 bits per heavy atom. The second-order valence-electron chi connectivity index (χ2n) is 8.90. The average Bonchev–Trinajstić information content (AvgIpc) is 3.35. The summed E-state index contributed by atoms with van der Waals surface area (Å²) in [5, 5.41) is 4.17. The zero-order valence-electron chi connectivity index (χ0n) is 21.1. The standard InChI is InChI=1S/C32H25BrIN3O2/c1-22-12-17-30(25-10-6-3-7-11-25)37(22)27-15-13-26(14-16-27)32(38)36-35-20-24-18-28(33)31(29(34)19-24)39-21-23-8-4-2-5-9-23/h2-20H,21H2,1H3,(H,36,38)/b35-20+. The van der Waals surface area contributed by atoms with Crippen molar-refractivity contribution < 1.29 is 9.53 Å². The Hall–Kier alpha value is -3.69. The van der Waals surface area contributed by atoms with Crippen molar-refractivity contribution in [3.05, 3.63) is 140 Å². The topological polar surface area (TPSA) is 55.6 Å². The molecule has 4 aromatic carbocycles. The maximum atomic E-state index is 12.7. The molecule has 5 nitrogen and oxygen atoms in total. The van der Waals surface area contributed by atoms with Crippen LogP contribution in [-0.4, -0.2) is 16.7 Å². The Morgan fingerprint density at radius 2 is 1.64 bits per heavy atom. The molecule has 0 unspecified atom stereocenters. The minimum absolute atomic E-state index is 0.276. The first kappa shape index (κ1) is 26.9. The summed E-state index contributed by atoms with van der Waals surface area (Å²) in [5.41, 5.74) is 9.44. The summed E-state index contributed by atoms with van der Waals surface area (Å²) in [4.78, 5) is 12.7. The Balaban J connectivity index is 1.24. The van der Waals surface area contributed by atoms with Gasteiger partial charge in [0, 0.05) is 16.9 Å². The number of rotatable bonds is 8. The second-order valence-corrected chi connectivity index (χ2v) is 10.9. The first-order chi connectivity index (χ1) is 19.0. The van der Waals surface area contributed by atoms with Gasteiger partial charge in [-0.3, -0.25) is 4.79 Å². The van der Waals surface area contributed by atoms with E-state index in [9.17, 15) is 4.79 Å². The fourth-order valence-corrected chi connectivity index (χ4v) is 6.00. The van der Waals surface area contributed by atoms with E-state index >= 15 is 0 Å². The summed E-state index contributed by atoms with van der Waals surface area (Å²) in [7, 11) is 0. The van der Waals surface area contributed by atoms with Crippen LogP contribution in [-0.2, 0) is 6.61 Å². The molecule has 5 rings (SSSR count). The van der Waals surface area contributed by atoms with Gasteiger partial charge in [-0.15, -0.1) is 0 Å². The van der Waals surface area contributed by atoms with Gasteiger partial charge in [-0.2, -0.15) is 5.10 Å². The summed E-state index contributed by atoms with van der Waals surface area (Å²) < 4.78 is 9.96. The van der Waals surface area contributed by atoms with Gasteiger partial charge in [0.15, 0.2) is 0 Å². The molecular formula is C32H25BrIN3O2. The highest BCUT2D eigenvalue weighted by atomic mass is 127. The van der Waals surface area contributed by atoms with E-state index in [1.54, 1.807) is 6.21 Å². The van der Waals surface area contributed by atoms with Crippen LogP contribution in [0.1, 0.15) is 27.2 Å². The molecule has 1 aromatic heterocycles. The molecule has 1 N–H and O–H groups in total. The third-order valence-corrected chi connectivity index (χ3v) is 7.55. The number of halogens is 2. The van der Waals surface area contributed by atoms with Crippen LogP contribution < -0.4 is 10.2 Å². The lowest BCUT2D eigenvalue weighted by Gasteiger charge is -2.13. The molecule has 7 heteroatoms. The van der Waals surface area contributed by atoms with Crippen molar-refractivity contribution in [1.29, 1.82) is 0 Å². The minimum atomic E-state index is -0.276. The van der Waals surface area contributed by atoms with Gasteiger partial charge < -0.3 is 9.30 Å². The van der Waals surface area contributed by atoms with Crippen molar-refractivity contribution in [1.82, 2.24) is 9.99 Å². The summed E-state index contributed by atoms with van der Waals surface area (Å²) in [6.07, 6.45) is 1.62. The SMILES string of the molecule is Cc1ccc(-c2ccccc2)n1-c1ccc(C(=O)N/N=C/c2cc(Br)c(OCc3ccccc3)c(I)c2)cc1. The predicted molar refractivity (Wildman–Crippen MR) is 169 cm³/mol. The van der Waals surface area contributed by atoms with Crippen molar-refractivity contribution in [2.45, 2.75) is 13.5 Å². The van der Waals surface area contributed by atoms with Gasteiger partial charge in [-0.1, -0.05) is 60.7 Å². The largest absolute Gasteiger partial charge is 0.487 e. The number of aromatic nitrogens is 1. The van der Waals surface area contributed by atoms with E-state index < -0.39 is 0 Å². The molecule has 0 radical (unpaired) electrons. The van der Waals surface area contributed by atoms with Crippen LogP contribution in [0.5, 0.6) is 5.75 Å². The zero-order valence-corrected chi connectivity index (χ0v) is 24.9.